The van der Waals surface area contributed by atoms with E-state index in [2.05, 4.69) is 21.9 Å². The quantitative estimate of drug-likeness (QED) is 0.515. The molecule has 166 valence electrons. The van der Waals surface area contributed by atoms with E-state index in [0.29, 0.717) is 17.0 Å². The summed E-state index contributed by atoms with van der Waals surface area (Å²) in [7, 11) is 0. The van der Waals surface area contributed by atoms with Crippen LogP contribution < -0.4 is 14.7 Å². The van der Waals surface area contributed by atoms with Crippen molar-refractivity contribution < 1.29 is 9.59 Å². The fourth-order valence-electron chi connectivity index (χ4n) is 5.20. The highest BCUT2D eigenvalue weighted by molar-refractivity contribution is 7.11. The van der Waals surface area contributed by atoms with Crippen LogP contribution in [0.15, 0.2) is 71.7 Å². The van der Waals surface area contributed by atoms with Crippen LogP contribution in [0.5, 0.6) is 0 Å². The SMILES string of the molecule is O=C1C(c2cccs2)=C(N2CCCc3ccccc32)C(=O)N1c1ccc(N2CCCC2)cc1. The molecule has 0 radical (unpaired) electrons. The zero-order chi connectivity index (χ0) is 22.4. The van der Waals surface area contributed by atoms with Gasteiger partial charge in [-0.1, -0.05) is 24.3 Å². The topological polar surface area (TPSA) is 43.9 Å². The summed E-state index contributed by atoms with van der Waals surface area (Å²) in [5, 5.41) is 1.95. The third kappa shape index (κ3) is 3.37. The van der Waals surface area contributed by atoms with Gasteiger partial charge in [0.1, 0.15) is 5.70 Å². The summed E-state index contributed by atoms with van der Waals surface area (Å²) in [6.45, 7) is 2.84. The zero-order valence-corrected chi connectivity index (χ0v) is 19.2. The van der Waals surface area contributed by atoms with Gasteiger partial charge in [-0.05, 0) is 73.0 Å². The molecule has 2 amide bonds. The lowest BCUT2D eigenvalue weighted by Gasteiger charge is -2.32. The van der Waals surface area contributed by atoms with Gasteiger partial charge in [0.2, 0.25) is 0 Å². The second-order valence-electron chi connectivity index (χ2n) is 8.74. The number of amides is 2. The Kier molecular flexibility index (Phi) is 5.03. The van der Waals surface area contributed by atoms with Crippen molar-refractivity contribution in [2.75, 3.05) is 34.3 Å². The molecule has 3 aliphatic heterocycles. The molecule has 0 unspecified atom stereocenters. The van der Waals surface area contributed by atoms with Gasteiger partial charge >= 0.3 is 0 Å². The highest BCUT2D eigenvalue weighted by Gasteiger charge is 2.44. The van der Waals surface area contributed by atoms with E-state index in [-0.39, 0.29) is 11.8 Å². The first-order chi connectivity index (χ1) is 16.2. The Balaban J connectivity index is 1.42. The van der Waals surface area contributed by atoms with E-state index < -0.39 is 0 Å². The van der Waals surface area contributed by atoms with Crippen LogP contribution in [0.3, 0.4) is 0 Å². The fourth-order valence-corrected chi connectivity index (χ4v) is 5.96. The molecule has 0 saturated carbocycles. The highest BCUT2D eigenvalue weighted by atomic mass is 32.1. The number of aryl methyl sites for hydroxylation is 1. The van der Waals surface area contributed by atoms with Crippen LogP contribution in [0.25, 0.3) is 5.57 Å². The van der Waals surface area contributed by atoms with Crippen molar-refractivity contribution >= 4 is 45.8 Å². The van der Waals surface area contributed by atoms with E-state index in [1.807, 2.05) is 53.9 Å². The number of thiophene rings is 1. The van der Waals surface area contributed by atoms with Crippen LogP contribution in [0.1, 0.15) is 29.7 Å². The lowest BCUT2D eigenvalue weighted by atomic mass is 10.00. The second kappa shape index (κ2) is 8.19. The van der Waals surface area contributed by atoms with Crippen LogP contribution in [0, 0.1) is 0 Å². The molecule has 0 bridgehead atoms. The average molecular weight is 456 g/mol. The minimum atomic E-state index is -0.242. The summed E-state index contributed by atoms with van der Waals surface area (Å²) >= 11 is 1.50. The number of carbonyl (C=O) groups excluding carboxylic acids is 2. The predicted octanol–water partition coefficient (Wildman–Crippen LogP) is 5.09. The molecule has 2 aromatic carbocycles. The molecule has 5 nitrogen and oxygen atoms in total. The summed E-state index contributed by atoms with van der Waals surface area (Å²) in [5.74, 6) is -0.483. The summed E-state index contributed by atoms with van der Waals surface area (Å²) in [6.07, 6.45) is 4.35. The molecule has 1 saturated heterocycles. The van der Waals surface area contributed by atoms with Crippen molar-refractivity contribution in [1.29, 1.82) is 0 Å². The van der Waals surface area contributed by atoms with Crippen molar-refractivity contribution in [3.8, 4) is 0 Å². The number of rotatable bonds is 4. The number of fused-ring (bicyclic) bond motifs is 1. The van der Waals surface area contributed by atoms with E-state index in [1.54, 1.807) is 0 Å². The number of nitrogens with zero attached hydrogens (tertiary/aromatic N) is 3. The monoisotopic (exact) mass is 455 g/mol. The summed E-state index contributed by atoms with van der Waals surface area (Å²) in [5.41, 5.74) is 5.03. The minimum Gasteiger partial charge on any atom is -0.372 e. The molecule has 3 aromatic rings. The van der Waals surface area contributed by atoms with Crippen LogP contribution in [-0.2, 0) is 16.0 Å². The standard InChI is InChI=1S/C27H25N3O2S/c31-26-24(23-10-6-18-33-23)25(29-17-5-8-19-7-1-2-9-22(19)29)27(32)30(26)21-13-11-20(12-14-21)28-15-3-4-16-28/h1-2,6-7,9-14,18H,3-5,8,15-17H2. The van der Waals surface area contributed by atoms with Crippen LogP contribution in [-0.4, -0.2) is 31.4 Å². The van der Waals surface area contributed by atoms with Gasteiger partial charge in [0.05, 0.1) is 11.3 Å². The van der Waals surface area contributed by atoms with Gasteiger partial charge in [0.15, 0.2) is 0 Å². The molecule has 1 fully saturated rings. The van der Waals surface area contributed by atoms with Crippen LogP contribution in [0.2, 0.25) is 0 Å². The van der Waals surface area contributed by atoms with E-state index >= 15 is 0 Å². The Morgan fingerprint density at radius 1 is 0.727 bits per heavy atom. The summed E-state index contributed by atoms with van der Waals surface area (Å²) < 4.78 is 0. The molecule has 33 heavy (non-hydrogen) atoms. The van der Waals surface area contributed by atoms with Crippen molar-refractivity contribution in [3.05, 3.63) is 82.2 Å². The molecule has 0 atom stereocenters. The number of benzene rings is 2. The van der Waals surface area contributed by atoms with Crippen molar-refractivity contribution in [3.63, 3.8) is 0 Å². The molecule has 3 aliphatic rings. The number of anilines is 3. The van der Waals surface area contributed by atoms with Crippen LogP contribution >= 0.6 is 11.3 Å². The summed E-state index contributed by atoms with van der Waals surface area (Å²) in [4.78, 5) is 34.2. The van der Waals surface area contributed by atoms with Gasteiger partial charge in [0, 0.05) is 35.9 Å². The number of imide groups is 1. The predicted molar refractivity (Wildman–Crippen MR) is 134 cm³/mol. The molecular formula is C27H25N3O2S. The first-order valence-corrected chi connectivity index (χ1v) is 12.5. The van der Waals surface area contributed by atoms with Gasteiger partial charge in [-0.2, -0.15) is 0 Å². The summed E-state index contributed by atoms with van der Waals surface area (Å²) in [6, 6.07) is 19.9. The molecular weight excluding hydrogens is 430 g/mol. The Bertz CT molecular complexity index is 1240. The maximum atomic E-state index is 13.9. The second-order valence-corrected chi connectivity index (χ2v) is 9.69. The zero-order valence-electron chi connectivity index (χ0n) is 18.4. The van der Waals surface area contributed by atoms with E-state index in [1.165, 1.54) is 34.6 Å². The number of carbonyl (C=O) groups is 2. The normalized spacial score (nSPS) is 18.5. The van der Waals surface area contributed by atoms with Crippen LogP contribution in [0.4, 0.5) is 17.1 Å². The first kappa shape index (κ1) is 20.2. The van der Waals surface area contributed by atoms with Gasteiger partial charge < -0.3 is 9.80 Å². The average Bonchev–Trinajstić information content (AvgIpc) is 3.61. The molecule has 4 heterocycles. The van der Waals surface area contributed by atoms with E-state index in [4.69, 9.17) is 0 Å². The highest BCUT2D eigenvalue weighted by Crippen LogP contribution is 2.40. The van der Waals surface area contributed by atoms with E-state index in [9.17, 15) is 9.59 Å². The van der Waals surface area contributed by atoms with Gasteiger partial charge in [-0.25, -0.2) is 4.90 Å². The van der Waals surface area contributed by atoms with Gasteiger partial charge in [0.25, 0.3) is 11.8 Å². The smallest absolute Gasteiger partial charge is 0.282 e. The third-order valence-corrected chi connectivity index (χ3v) is 7.67. The third-order valence-electron chi connectivity index (χ3n) is 6.79. The molecule has 0 spiro atoms. The lowest BCUT2D eigenvalue weighted by molar-refractivity contribution is -0.120. The van der Waals surface area contributed by atoms with Crippen molar-refractivity contribution in [2.45, 2.75) is 25.7 Å². The first-order valence-electron chi connectivity index (χ1n) is 11.6. The number of hydrogen-bond acceptors (Lipinski definition) is 5. The minimum absolute atomic E-state index is 0.241. The maximum Gasteiger partial charge on any atom is 0.282 e. The Labute approximate surface area is 197 Å². The molecule has 1 aromatic heterocycles. The molecule has 6 heteroatoms. The largest absolute Gasteiger partial charge is 0.372 e. The maximum absolute atomic E-state index is 13.9. The van der Waals surface area contributed by atoms with Crippen molar-refractivity contribution in [1.82, 2.24) is 0 Å². The van der Waals surface area contributed by atoms with Gasteiger partial charge in [-0.3, -0.25) is 9.59 Å². The molecule has 0 N–H and O–H groups in total. The molecule has 6 rings (SSSR count). The Morgan fingerprint density at radius 3 is 2.24 bits per heavy atom. The lowest BCUT2D eigenvalue weighted by Crippen LogP contribution is -2.37. The van der Waals surface area contributed by atoms with Crippen molar-refractivity contribution in [2.24, 2.45) is 0 Å². The van der Waals surface area contributed by atoms with E-state index in [0.717, 1.165) is 48.7 Å². The fraction of sp³-hybridized carbons (Fsp3) is 0.259. The Hall–Kier alpha value is -3.38. The Morgan fingerprint density at radius 2 is 1.48 bits per heavy atom. The molecule has 0 aliphatic carbocycles. The number of para-hydroxylation sites is 1. The van der Waals surface area contributed by atoms with Gasteiger partial charge in [-0.15, -0.1) is 11.3 Å². The number of hydrogen-bond donors (Lipinski definition) is 0.